The molecular formula is C18H26Cl2N2O. The van der Waals surface area contributed by atoms with Gasteiger partial charge < -0.3 is 15.4 Å². The molecule has 0 bridgehead atoms. The summed E-state index contributed by atoms with van der Waals surface area (Å²) in [5.41, 5.74) is 9.24. The second kappa shape index (κ2) is 11.3. The van der Waals surface area contributed by atoms with Crippen LogP contribution in [-0.2, 0) is 13.2 Å². The molecule has 5 heteroatoms. The molecule has 0 aliphatic heterocycles. The van der Waals surface area contributed by atoms with E-state index >= 15 is 0 Å². The van der Waals surface area contributed by atoms with Crippen molar-refractivity contribution in [3.8, 4) is 5.75 Å². The normalized spacial score (nSPS) is 9.91. The Balaban J connectivity index is 0.00000242. The predicted octanol–water partition coefficient (Wildman–Crippen LogP) is 3.81. The van der Waals surface area contributed by atoms with E-state index in [4.69, 9.17) is 10.5 Å². The summed E-state index contributed by atoms with van der Waals surface area (Å²) in [5, 5.41) is 0. The van der Waals surface area contributed by atoms with Crippen LogP contribution < -0.4 is 10.5 Å². The smallest absolute Gasteiger partial charge is 0.124 e. The summed E-state index contributed by atoms with van der Waals surface area (Å²) in [6.07, 6.45) is 0. The number of nitrogens with zero attached hydrogens (tertiary/aromatic N) is 1. The van der Waals surface area contributed by atoms with Gasteiger partial charge in [-0.3, -0.25) is 0 Å². The number of hydrogen-bond donors (Lipinski definition) is 1. The quantitative estimate of drug-likeness (QED) is 0.819. The third-order valence-corrected chi connectivity index (χ3v) is 3.44. The van der Waals surface area contributed by atoms with Gasteiger partial charge in [-0.15, -0.1) is 24.8 Å². The van der Waals surface area contributed by atoms with E-state index in [1.54, 1.807) is 0 Å². The van der Waals surface area contributed by atoms with Gasteiger partial charge in [0.05, 0.1) is 0 Å². The minimum Gasteiger partial charge on any atom is -0.489 e. The van der Waals surface area contributed by atoms with Gasteiger partial charge in [-0.2, -0.15) is 0 Å². The molecule has 0 amide bonds. The van der Waals surface area contributed by atoms with E-state index in [-0.39, 0.29) is 24.8 Å². The standard InChI is InChI=1S/C18H24N2O.2ClH/c1-15-7-9-16(10-8-15)14-21-18-6-4-3-5-17(18)13-20(2)12-11-19;;/h3-10H,11-14,19H2,1-2H3;2*1H. The molecule has 128 valence electrons. The van der Waals surface area contributed by atoms with Crippen LogP contribution in [0.25, 0.3) is 0 Å². The average molecular weight is 357 g/mol. The average Bonchev–Trinajstić information content (AvgIpc) is 2.48. The zero-order chi connectivity index (χ0) is 15.1. The Bertz CT molecular complexity index is 561. The van der Waals surface area contributed by atoms with E-state index in [1.165, 1.54) is 16.7 Å². The van der Waals surface area contributed by atoms with Crippen molar-refractivity contribution in [3.05, 3.63) is 65.2 Å². The maximum Gasteiger partial charge on any atom is 0.124 e. The molecule has 0 aromatic heterocycles. The lowest BCUT2D eigenvalue weighted by Gasteiger charge is -2.18. The Morgan fingerprint density at radius 2 is 1.65 bits per heavy atom. The molecule has 0 aliphatic carbocycles. The maximum absolute atomic E-state index is 5.98. The van der Waals surface area contributed by atoms with Crippen LogP contribution in [0.4, 0.5) is 0 Å². The first-order chi connectivity index (χ1) is 10.2. The molecule has 0 heterocycles. The minimum absolute atomic E-state index is 0. The van der Waals surface area contributed by atoms with E-state index in [2.05, 4.69) is 49.2 Å². The van der Waals surface area contributed by atoms with E-state index in [1.807, 2.05) is 18.2 Å². The van der Waals surface area contributed by atoms with Gasteiger partial charge in [0.25, 0.3) is 0 Å². The van der Waals surface area contributed by atoms with Crippen LogP contribution >= 0.6 is 24.8 Å². The molecule has 0 spiro atoms. The van der Waals surface area contributed by atoms with Crippen LogP contribution in [0.1, 0.15) is 16.7 Å². The summed E-state index contributed by atoms with van der Waals surface area (Å²) in [6, 6.07) is 16.6. The molecule has 2 N–H and O–H groups in total. The minimum atomic E-state index is 0. The van der Waals surface area contributed by atoms with Gasteiger partial charge >= 0.3 is 0 Å². The lowest BCUT2D eigenvalue weighted by Crippen LogP contribution is -2.25. The van der Waals surface area contributed by atoms with Gasteiger partial charge in [-0.25, -0.2) is 0 Å². The van der Waals surface area contributed by atoms with Gasteiger partial charge in [0.1, 0.15) is 12.4 Å². The number of hydrogen-bond acceptors (Lipinski definition) is 3. The van der Waals surface area contributed by atoms with Crippen molar-refractivity contribution in [1.29, 1.82) is 0 Å². The molecule has 0 saturated carbocycles. The fourth-order valence-corrected chi connectivity index (χ4v) is 2.21. The SMILES string of the molecule is Cc1ccc(COc2ccccc2CN(C)CCN)cc1.Cl.Cl. The molecule has 0 fully saturated rings. The number of ether oxygens (including phenoxy) is 1. The van der Waals surface area contributed by atoms with Crippen LogP contribution in [0.2, 0.25) is 0 Å². The summed E-state index contributed by atoms with van der Waals surface area (Å²) in [6.45, 7) is 5.08. The van der Waals surface area contributed by atoms with Crippen molar-refractivity contribution >= 4 is 24.8 Å². The van der Waals surface area contributed by atoms with Gasteiger partial charge in [-0.05, 0) is 25.6 Å². The van der Waals surface area contributed by atoms with Crippen molar-refractivity contribution < 1.29 is 4.74 Å². The number of rotatable bonds is 7. The number of nitrogens with two attached hydrogens (primary N) is 1. The highest BCUT2D eigenvalue weighted by Crippen LogP contribution is 2.20. The first-order valence-corrected chi connectivity index (χ1v) is 7.34. The van der Waals surface area contributed by atoms with Gasteiger partial charge in [0.15, 0.2) is 0 Å². The van der Waals surface area contributed by atoms with Crippen LogP contribution in [0.15, 0.2) is 48.5 Å². The zero-order valence-corrected chi connectivity index (χ0v) is 15.3. The molecule has 2 rings (SSSR count). The zero-order valence-electron chi connectivity index (χ0n) is 13.7. The first-order valence-electron chi connectivity index (χ1n) is 7.34. The topological polar surface area (TPSA) is 38.5 Å². The maximum atomic E-state index is 5.98. The fourth-order valence-electron chi connectivity index (χ4n) is 2.21. The molecule has 0 radical (unpaired) electrons. The Hall–Kier alpha value is -1.26. The highest BCUT2D eigenvalue weighted by Gasteiger charge is 2.06. The van der Waals surface area contributed by atoms with E-state index < -0.39 is 0 Å². The largest absolute Gasteiger partial charge is 0.489 e. The fraction of sp³-hybridized carbons (Fsp3) is 0.333. The summed E-state index contributed by atoms with van der Waals surface area (Å²) < 4.78 is 5.98. The summed E-state index contributed by atoms with van der Waals surface area (Å²) >= 11 is 0. The molecule has 0 aliphatic rings. The van der Waals surface area contributed by atoms with Crippen molar-refractivity contribution in [3.63, 3.8) is 0 Å². The Labute approximate surface area is 151 Å². The number of likely N-dealkylation sites (N-methyl/N-ethyl adjacent to an activating group) is 1. The number of benzene rings is 2. The second-order valence-electron chi connectivity index (χ2n) is 5.41. The molecule has 0 unspecified atom stereocenters. The predicted molar refractivity (Wildman–Crippen MR) is 102 cm³/mol. The molecule has 0 saturated heterocycles. The molecule has 2 aromatic carbocycles. The third-order valence-electron chi connectivity index (χ3n) is 3.44. The van der Waals surface area contributed by atoms with Crippen molar-refractivity contribution in [2.45, 2.75) is 20.1 Å². The summed E-state index contributed by atoms with van der Waals surface area (Å²) in [5.74, 6) is 0.946. The number of para-hydroxylation sites is 1. The van der Waals surface area contributed by atoms with Crippen molar-refractivity contribution in [2.75, 3.05) is 20.1 Å². The Kier molecular flexibility index (Phi) is 10.7. The van der Waals surface area contributed by atoms with Crippen LogP contribution in [0.5, 0.6) is 5.75 Å². The monoisotopic (exact) mass is 356 g/mol. The van der Waals surface area contributed by atoms with Crippen LogP contribution in [0, 0.1) is 6.92 Å². The van der Waals surface area contributed by atoms with Gasteiger partial charge in [-0.1, -0.05) is 48.0 Å². The van der Waals surface area contributed by atoms with E-state index in [0.717, 1.165) is 18.8 Å². The second-order valence-corrected chi connectivity index (χ2v) is 5.41. The third kappa shape index (κ3) is 7.23. The molecule has 23 heavy (non-hydrogen) atoms. The van der Waals surface area contributed by atoms with Crippen molar-refractivity contribution in [2.24, 2.45) is 5.73 Å². The van der Waals surface area contributed by atoms with Crippen LogP contribution in [0.3, 0.4) is 0 Å². The van der Waals surface area contributed by atoms with Crippen LogP contribution in [-0.4, -0.2) is 25.0 Å². The highest BCUT2D eigenvalue weighted by molar-refractivity contribution is 5.85. The summed E-state index contributed by atoms with van der Waals surface area (Å²) in [4.78, 5) is 2.20. The first kappa shape index (κ1) is 21.7. The lowest BCUT2D eigenvalue weighted by atomic mass is 10.1. The van der Waals surface area contributed by atoms with E-state index in [0.29, 0.717) is 13.2 Å². The lowest BCUT2D eigenvalue weighted by molar-refractivity contribution is 0.287. The molecule has 0 atom stereocenters. The van der Waals surface area contributed by atoms with Crippen molar-refractivity contribution in [1.82, 2.24) is 4.90 Å². The number of halogens is 2. The molecule has 3 nitrogen and oxygen atoms in total. The molecular weight excluding hydrogens is 331 g/mol. The Morgan fingerprint density at radius 3 is 2.30 bits per heavy atom. The number of aryl methyl sites for hydroxylation is 1. The van der Waals surface area contributed by atoms with E-state index in [9.17, 15) is 0 Å². The molecule has 2 aromatic rings. The Morgan fingerprint density at radius 1 is 1.00 bits per heavy atom. The highest BCUT2D eigenvalue weighted by atomic mass is 35.5. The summed E-state index contributed by atoms with van der Waals surface area (Å²) in [7, 11) is 2.07. The van der Waals surface area contributed by atoms with Gasteiger partial charge in [0.2, 0.25) is 0 Å². The van der Waals surface area contributed by atoms with Gasteiger partial charge in [0, 0.05) is 25.2 Å².